The van der Waals surface area contributed by atoms with Crippen molar-refractivity contribution in [1.82, 2.24) is 0 Å². The van der Waals surface area contributed by atoms with E-state index >= 15 is 0 Å². The molecule has 1 aromatic carbocycles. The van der Waals surface area contributed by atoms with E-state index in [1.165, 1.54) is 12.7 Å². The van der Waals surface area contributed by atoms with E-state index in [9.17, 15) is 4.79 Å². The van der Waals surface area contributed by atoms with Gasteiger partial charge in [0.1, 0.15) is 0 Å². The maximum atomic E-state index is 11.4. The minimum atomic E-state index is -0.309. The number of methoxy groups -OCH3 is 1. The fourth-order valence-corrected chi connectivity index (χ4v) is 2.95. The van der Waals surface area contributed by atoms with Crippen LogP contribution in [0.3, 0.4) is 0 Å². The lowest BCUT2D eigenvalue weighted by Crippen LogP contribution is -2.04. The van der Waals surface area contributed by atoms with Gasteiger partial charge < -0.3 is 10.1 Å². The molecule has 1 aromatic heterocycles. The van der Waals surface area contributed by atoms with Gasteiger partial charge in [-0.15, -0.1) is 11.3 Å². The van der Waals surface area contributed by atoms with Gasteiger partial charge >= 0.3 is 5.97 Å². The lowest BCUT2D eigenvalue weighted by molar-refractivity contribution is 0.0600. The number of aryl methyl sites for hydroxylation is 1. The van der Waals surface area contributed by atoms with Crippen LogP contribution in [0.4, 0.5) is 5.69 Å². The number of hydrogen-bond donors (Lipinski definition) is 1. The Morgan fingerprint density at radius 2 is 2.21 bits per heavy atom. The second-order valence-electron chi connectivity index (χ2n) is 4.13. The highest BCUT2D eigenvalue weighted by molar-refractivity contribution is 9.11. The lowest BCUT2D eigenvalue weighted by atomic mass is 10.1. The molecule has 100 valence electrons. The van der Waals surface area contributed by atoms with Crippen LogP contribution in [0.25, 0.3) is 0 Å². The molecule has 0 radical (unpaired) electrons. The third kappa shape index (κ3) is 3.58. The van der Waals surface area contributed by atoms with Crippen LogP contribution in [-0.4, -0.2) is 13.1 Å². The minimum absolute atomic E-state index is 0.309. The number of benzene rings is 1. The second kappa shape index (κ2) is 6.21. The van der Waals surface area contributed by atoms with E-state index in [2.05, 4.69) is 32.7 Å². The largest absolute Gasteiger partial charge is 0.465 e. The molecular weight excluding hydrogens is 326 g/mol. The van der Waals surface area contributed by atoms with Crippen molar-refractivity contribution in [2.45, 2.75) is 13.5 Å². The Labute approximate surface area is 124 Å². The van der Waals surface area contributed by atoms with Crippen LogP contribution in [0.15, 0.2) is 33.4 Å². The molecule has 0 aliphatic carbocycles. The van der Waals surface area contributed by atoms with Crippen molar-refractivity contribution < 1.29 is 9.53 Å². The van der Waals surface area contributed by atoms with E-state index in [-0.39, 0.29) is 5.97 Å². The van der Waals surface area contributed by atoms with Gasteiger partial charge in [0.05, 0.1) is 16.5 Å². The molecule has 2 rings (SSSR count). The Hall–Kier alpha value is -1.33. The summed E-state index contributed by atoms with van der Waals surface area (Å²) in [4.78, 5) is 11.4. The van der Waals surface area contributed by atoms with Crippen molar-refractivity contribution >= 4 is 38.9 Å². The fraction of sp³-hybridized carbons (Fsp3) is 0.214. The van der Waals surface area contributed by atoms with Gasteiger partial charge in [0, 0.05) is 12.2 Å². The summed E-state index contributed by atoms with van der Waals surface area (Å²) >= 11 is 5.11. The fourth-order valence-electron chi connectivity index (χ4n) is 1.74. The number of esters is 1. The van der Waals surface area contributed by atoms with E-state index < -0.39 is 0 Å². The standard InChI is InChI=1S/C14H14BrNO2S/c1-9-5-11(14(17)18-2)3-4-12(9)16-7-10-6-13(15)19-8-10/h3-6,8,16H,7H2,1-2H3. The quantitative estimate of drug-likeness (QED) is 0.847. The number of nitrogens with one attached hydrogen (secondary N) is 1. The first-order valence-corrected chi connectivity index (χ1v) is 7.43. The highest BCUT2D eigenvalue weighted by Gasteiger charge is 2.07. The summed E-state index contributed by atoms with van der Waals surface area (Å²) < 4.78 is 5.83. The minimum Gasteiger partial charge on any atom is -0.465 e. The predicted octanol–water partition coefficient (Wildman–Crippen LogP) is 4.22. The van der Waals surface area contributed by atoms with Crippen LogP contribution in [-0.2, 0) is 11.3 Å². The van der Waals surface area contributed by atoms with Gasteiger partial charge in [-0.05, 0) is 63.6 Å². The zero-order valence-electron chi connectivity index (χ0n) is 10.7. The van der Waals surface area contributed by atoms with Crippen molar-refractivity contribution in [3.63, 3.8) is 0 Å². The summed E-state index contributed by atoms with van der Waals surface area (Å²) in [5.74, 6) is -0.309. The van der Waals surface area contributed by atoms with Crippen molar-refractivity contribution in [3.8, 4) is 0 Å². The molecule has 1 N–H and O–H groups in total. The molecule has 0 unspecified atom stereocenters. The zero-order valence-corrected chi connectivity index (χ0v) is 13.1. The van der Waals surface area contributed by atoms with Crippen LogP contribution in [0.2, 0.25) is 0 Å². The van der Waals surface area contributed by atoms with Gasteiger partial charge in [-0.25, -0.2) is 4.79 Å². The first-order valence-electron chi connectivity index (χ1n) is 5.76. The SMILES string of the molecule is COC(=O)c1ccc(NCc2csc(Br)c2)c(C)c1. The van der Waals surface area contributed by atoms with Gasteiger partial charge in [0.2, 0.25) is 0 Å². The summed E-state index contributed by atoms with van der Waals surface area (Å²) in [5.41, 5.74) is 3.85. The molecule has 0 saturated carbocycles. The van der Waals surface area contributed by atoms with Crippen molar-refractivity contribution in [3.05, 3.63) is 50.1 Å². The Kier molecular flexibility index (Phi) is 4.61. The molecule has 3 nitrogen and oxygen atoms in total. The molecule has 0 bridgehead atoms. The number of halogens is 1. The number of thiophene rings is 1. The van der Waals surface area contributed by atoms with Crippen LogP contribution < -0.4 is 5.32 Å². The highest BCUT2D eigenvalue weighted by Crippen LogP contribution is 2.23. The molecule has 2 aromatic rings. The summed E-state index contributed by atoms with van der Waals surface area (Å²) in [6, 6.07) is 7.60. The maximum Gasteiger partial charge on any atom is 0.337 e. The average molecular weight is 340 g/mol. The molecule has 5 heteroatoms. The van der Waals surface area contributed by atoms with E-state index in [0.717, 1.165) is 21.6 Å². The molecule has 19 heavy (non-hydrogen) atoms. The van der Waals surface area contributed by atoms with Crippen LogP contribution in [0, 0.1) is 6.92 Å². The first-order chi connectivity index (χ1) is 9.10. The third-order valence-electron chi connectivity index (χ3n) is 2.75. The average Bonchev–Trinajstić information content (AvgIpc) is 2.82. The molecule has 1 heterocycles. The maximum absolute atomic E-state index is 11.4. The summed E-state index contributed by atoms with van der Waals surface area (Å²) in [7, 11) is 1.39. The third-order valence-corrected chi connectivity index (χ3v) is 4.31. The van der Waals surface area contributed by atoms with Crippen LogP contribution >= 0.6 is 27.3 Å². The topological polar surface area (TPSA) is 38.3 Å². The Balaban J connectivity index is 2.07. The van der Waals surface area contributed by atoms with E-state index in [4.69, 9.17) is 4.74 Å². The van der Waals surface area contributed by atoms with E-state index in [1.54, 1.807) is 17.4 Å². The Morgan fingerprint density at radius 3 is 2.79 bits per heavy atom. The number of rotatable bonds is 4. The first kappa shape index (κ1) is 14.1. The van der Waals surface area contributed by atoms with E-state index in [1.807, 2.05) is 19.1 Å². The highest BCUT2D eigenvalue weighted by atomic mass is 79.9. The summed E-state index contributed by atoms with van der Waals surface area (Å²) in [6.45, 7) is 2.73. The monoisotopic (exact) mass is 339 g/mol. The molecule has 0 spiro atoms. The Morgan fingerprint density at radius 1 is 1.42 bits per heavy atom. The molecule has 0 atom stereocenters. The number of anilines is 1. The molecule has 0 fully saturated rings. The normalized spacial score (nSPS) is 10.3. The van der Waals surface area contributed by atoms with Gasteiger partial charge in [-0.3, -0.25) is 0 Å². The van der Waals surface area contributed by atoms with Crippen LogP contribution in [0.5, 0.6) is 0 Å². The number of hydrogen-bond acceptors (Lipinski definition) is 4. The van der Waals surface area contributed by atoms with Gasteiger partial charge in [-0.1, -0.05) is 0 Å². The molecule has 0 saturated heterocycles. The lowest BCUT2D eigenvalue weighted by Gasteiger charge is -2.10. The number of carbonyl (C=O) groups is 1. The Bertz CT molecular complexity index is 595. The number of ether oxygens (including phenoxy) is 1. The summed E-state index contributed by atoms with van der Waals surface area (Å²) in [5, 5.41) is 5.47. The van der Waals surface area contributed by atoms with Gasteiger partial charge in [0.15, 0.2) is 0 Å². The molecule has 0 amide bonds. The molecular formula is C14H14BrNO2S. The summed E-state index contributed by atoms with van der Waals surface area (Å²) in [6.07, 6.45) is 0. The van der Waals surface area contributed by atoms with E-state index in [0.29, 0.717) is 5.56 Å². The molecule has 0 aliphatic heterocycles. The predicted molar refractivity (Wildman–Crippen MR) is 81.9 cm³/mol. The van der Waals surface area contributed by atoms with Crippen molar-refractivity contribution in [2.75, 3.05) is 12.4 Å². The van der Waals surface area contributed by atoms with Gasteiger partial charge in [0.25, 0.3) is 0 Å². The number of carbonyl (C=O) groups excluding carboxylic acids is 1. The van der Waals surface area contributed by atoms with Crippen LogP contribution in [0.1, 0.15) is 21.5 Å². The van der Waals surface area contributed by atoms with Crippen molar-refractivity contribution in [2.24, 2.45) is 0 Å². The van der Waals surface area contributed by atoms with Gasteiger partial charge in [-0.2, -0.15) is 0 Å². The zero-order chi connectivity index (χ0) is 13.8. The van der Waals surface area contributed by atoms with Crippen molar-refractivity contribution in [1.29, 1.82) is 0 Å². The molecule has 0 aliphatic rings. The second-order valence-corrected chi connectivity index (χ2v) is 6.42. The smallest absolute Gasteiger partial charge is 0.337 e.